The second-order valence-corrected chi connectivity index (χ2v) is 4.33. The topological polar surface area (TPSA) is 30.5 Å². The minimum atomic E-state index is 0.689. The first kappa shape index (κ1) is 13.5. The molecule has 0 amide bonds. The maximum Gasteiger partial charge on any atom is 0.119 e. The third-order valence-corrected chi connectivity index (χ3v) is 2.92. The van der Waals surface area contributed by atoms with Crippen molar-refractivity contribution in [1.29, 1.82) is 0 Å². The maximum absolute atomic E-state index is 5.62. The molecule has 0 aromatic heterocycles. The molecule has 0 saturated carbocycles. The van der Waals surface area contributed by atoms with E-state index in [0.717, 1.165) is 29.8 Å². The average molecular weight is 288 g/mol. The minimum Gasteiger partial charge on any atom is -0.493 e. The smallest absolute Gasteiger partial charge is 0.119 e. The predicted molar refractivity (Wildman–Crippen MR) is 68.9 cm³/mol. The van der Waals surface area contributed by atoms with Crippen LogP contribution in [-0.2, 0) is 11.3 Å². The van der Waals surface area contributed by atoms with Crippen molar-refractivity contribution in [2.45, 2.75) is 13.0 Å². The van der Waals surface area contributed by atoms with Crippen LogP contribution in [0.2, 0.25) is 0 Å². The molecule has 4 heteroatoms. The van der Waals surface area contributed by atoms with Crippen LogP contribution < -0.4 is 10.1 Å². The molecule has 0 atom stereocenters. The number of hydrogen-bond acceptors (Lipinski definition) is 3. The van der Waals surface area contributed by atoms with E-state index in [1.165, 1.54) is 5.56 Å². The van der Waals surface area contributed by atoms with Crippen molar-refractivity contribution in [2.24, 2.45) is 0 Å². The normalized spacial score (nSPS) is 10.4. The molecule has 0 fully saturated rings. The Morgan fingerprint density at radius 2 is 2.12 bits per heavy atom. The molecule has 1 N–H and O–H groups in total. The van der Waals surface area contributed by atoms with E-state index in [0.29, 0.717) is 6.61 Å². The molecule has 0 radical (unpaired) electrons. The molecule has 3 nitrogen and oxygen atoms in total. The number of rotatable bonds is 7. The van der Waals surface area contributed by atoms with Gasteiger partial charge in [-0.1, -0.05) is 15.9 Å². The van der Waals surface area contributed by atoms with Gasteiger partial charge in [-0.25, -0.2) is 0 Å². The lowest BCUT2D eigenvalue weighted by Crippen LogP contribution is -2.06. The Hall–Kier alpha value is -0.580. The van der Waals surface area contributed by atoms with E-state index in [1.807, 2.05) is 25.2 Å². The van der Waals surface area contributed by atoms with E-state index < -0.39 is 0 Å². The molecule has 16 heavy (non-hydrogen) atoms. The van der Waals surface area contributed by atoms with Gasteiger partial charge in [0.05, 0.1) is 6.61 Å². The van der Waals surface area contributed by atoms with Crippen LogP contribution in [0.5, 0.6) is 5.75 Å². The lowest BCUT2D eigenvalue weighted by atomic mass is 10.2. The van der Waals surface area contributed by atoms with Gasteiger partial charge in [0, 0.05) is 31.2 Å². The highest BCUT2D eigenvalue weighted by Crippen LogP contribution is 2.22. The Bertz CT molecular complexity index is 318. The monoisotopic (exact) mass is 287 g/mol. The van der Waals surface area contributed by atoms with Crippen molar-refractivity contribution < 1.29 is 9.47 Å². The summed E-state index contributed by atoms with van der Waals surface area (Å²) in [5.74, 6) is 0.907. The first-order chi connectivity index (χ1) is 7.77. The van der Waals surface area contributed by atoms with Crippen molar-refractivity contribution >= 4 is 15.9 Å². The largest absolute Gasteiger partial charge is 0.493 e. The zero-order valence-corrected chi connectivity index (χ0v) is 11.3. The van der Waals surface area contributed by atoms with Gasteiger partial charge in [0.25, 0.3) is 0 Å². The zero-order valence-electron chi connectivity index (χ0n) is 9.75. The predicted octanol–water partition coefficient (Wildman–Crippen LogP) is 2.58. The lowest BCUT2D eigenvalue weighted by molar-refractivity contribution is 0.172. The van der Waals surface area contributed by atoms with Crippen molar-refractivity contribution in [3.05, 3.63) is 28.2 Å². The highest BCUT2D eigenvalue weighted by molar-refractivity contribution is 9.10. The summed E-state index contributed by atoms with van der Waals surface area (Å²) in [5.41, 5.74) is 1.20. The van der Waals surface area contributed by atoms with Crippen molar-refractivity contribution in [2.75, 3.05) is 27.4 Å². The van der Waals surface area contributed by atoms with Crippen LogP contribution >= 0.6 is 15.9 Å². The molecule has 90 valence electrons. The Morgan fingerprint density at radius 1 is 1.31 bits per heavy atom. The van der Waals surface area contributed by atoms with E-state index in [2.05, 4.69) is 21.2 Å². The van der Waals surface area contributed by atoms with Crippen molar-refractivity contribution in [3.63, 3.8) is 0 Å². The molecule has 0 aliphatic heterocycles. The van der Waals surface area contributed by atoms with Gasteiger partial charge in [0.15, 0.2) is 0 Å². The van der Waals surface area contributed by atoms with Crippen LogP contribution in [0, 0.1) is 0 Å². The van der Waals surface area contributed by atoms with Crippen LogP contribution in [-0.4, -0.2) is 27.4 Å². The van der Waals surface area contributed by atoms with Gasteiger partial charge in [0.2, 0.25) is 0 Å². The Labute approximate surface area is 105 Å². The van der Waals surface area contributed by atoms with Crippen LogP contribution in [0.25, 0.3) is 0 Å². The number of ether oxygens (including phenoxy) is 2. The van der Waals surface area contributed by atoms with Crippen molar-refractivity contribution in [3.8, 4) is 5.75 Å². The van der Waals surface area contributed by atoms with Crippen LogP contribution in [0.4, 0.5) is 0 Å². The van der Waals surface area contributed by atoms with Gasteiger partial charge in [-0.3, -0.25) is 0 Å². The van der Waals surface area contributed by atoms with Gasteiger partial charge in [-0.05, 0) is 30.8 Å². The first-order valence-corrected chi connectivity index (χ1v) is 6.12. The van der Waals surface area contributed by atoms with E-state index in [-0.39, 0.29) is 0 Å². The van der Waals surface area contributed by atoms with E-state index in [9.17, 15) is 0 Å². The SMILES string of the molecule is CNCc1cc(OCCCOC)ccc1Br. The summed E-state index contributed by atoms with van der Waals surface area (Å²) < 4.78 is 11.7. The third-order valence-electron chi connectivity index (χ3n) is 2.15. The van der Waals surface area contributed by atoms with Crippen molar-refractivity contribution in [1.82, 2.24) is 5.32 Å². The Kier molecular flexibility index (Phi) is 6.45. The molecule has 1 aromatic carbocycles. The summed E-state index contributed by atoms with van der Waals surface area (Å²) in [6.45, 7) is 2.25. The second kappa shape index (κ2) is 7.65. The fourth-order valence-electron chi connectivity index (χ4n) is 1.36. The number of benzene rings is 1. The maximum atomic E-state index is 5.62. The number of nitrogens with one attached hydrogen (secondary N) is 1. The summed E-state index contributed by atoms with van der Waals surface area (Å²) in [6, 6.07) is 6.03. The van der Waals surface area contributed by atoms with Crippen LogP contribution in [0.3, 0.4) is 0 Å². The van der Waals surface area contributed by atoms with Gasteiger partial charge in [0.1, 0.15) is 5.75 Å². The molecule has 0 spiro atoms. The molecule has 0 heterocycles. The zero-order chi connectivity index (χ0) is 11.8. The molecular formula is C12H18BrNO2. The molecule has 0 aliphatic rings. The molecule has 1 aromatic rings. The average Bonchev–Trinajstić information content (AvgIpc) is 2.29. The van der Waals surface area contributed by atoms with Gasteiger partial charge < -0.3 is 14.8 Å². The first-order valence-electron chi connectivity index (χ1n) is 5.32. The number of methoxy groups -OCH3 is 1. The van der Waals surface area contributed by atoms with E-state index in [1.54, 1.807) is 7.11 Å². The van der Waals surface area contributed by atoms with Crippen LogP contribution in [0.1, 0.15) is 12.0 Å². The standard InChI is InChI=1S/C12H18BrNO2/c1-14-9-10-8-11(4-5-12(10)13)16-7-3-6-15-2/h4-5,8,14H,3,6-7,9H2,1-2H3. The lowest BCUT2D eigenvalue weighted by Gasteiger charge is -2.09. The molecular weight excluding hydrogens is 270 g/mol. The number of hydrogen-bond donors (Lipinski definition) is 1. The Balaban J connectivity index is 2.50. The van der Waals surface area contributed by atoms with Gasteiger partial charge in [-0.15, -0.1) is 0 Å². The summed E-state index contributed by atoms with van der Waals surface area (Å²) >= 11 is 3.51. The molecule has 0 bridgehead atoms. The minimum absolute atomic E-state index is 0.689. The number of halogens is 1. The summed E-state index contributed by atoms with van der Waals surface area (Å²) in [6.07, 6.45) is 0.911. The summed E-state index contributed by atoms with van der Waals surface area (Å²) in [7, 11) is 3.63. The van der Waals surface area contributed by atoms with E-state index >= 15 is 0 Å². The highest BCUT2D eigenvalue weighted by atomic mass is 79.9. The molecule has 1 rings (SSSR count). The van der Waals surface area contributed by atoms with E-state index in [4.69, 9.17) is 9.47 Å². The molecule has 0 aliphatic carbocycles. The fourth-order valence-corrected chi connectivity index (χ4v) is 1.75. The van der Waals surface area contributed by atoms with Gasteiger partial charge >= 0.3 is 0 Å². The second-order valence-electron chi connectivity index (χ2n) is 3.48. The molecule has 0 unspecified atom stereocenters. The van der Waals surface area contributed by atoms with Gasteiger partial charge in [-0.2, -0.15) is 0 Å². The Morgan fingerprint density at radius 3 is 2.81 bits per heavy atom. The molecule has 0 saturated heterocycles. The fraction of sp³-hybridized carbons (Fsp3) is 0.500. The summed E-state index contributed by atoms with van der Waals surface area (Å²) in [5, 5.41) is 3.12. The third kappa shape index (κ3) is 4.51. The summed E-state index contributed by atoms with van der Waals surface area (Å²) in [4.78, 5) is 0. The highest BCUT2D eigenvalue weighted by Gasteiger charge is 2.01. The quantitative estimate of drug-likeness (QED) is 0.782. The van der Waals surface area contributed by atoms with Crippen LogP contribution in [0.15, 0.2) is 22.7 Å².